The predicted molar refractivity (Wildman–Crippen MR) is 99.7 cm³/mol. The molecule has 1 nitrogen and oxygen atoms in total. The van der Waals surface area contributed by atoms with E-state index in [0.29, 0.717) is 11.8 Å². The van der Waals surface area contributed by atoms with Crippen molar-refractivity contribution in [2.45, 2.75) is 59.4 Å². The lowest BCUT2D eigenvalue weighted by Crippen LogP contribution is -2.17. The van der Waals surface area contributed by atoms with Gasteiger partial charge in [-0.3, -0.25) is 0 Å². The van der Waals surface area contributed by atoms with Crippen LogP contribution in [-0.2, 0) is 0 Å². The van der Waals surface area contributed by atoms with Crippen LogP contribution in [0.1, 0.15) is 53.4 Å². The van der Waals surface area contributed by atoms with Gasteiger partial charge in [-0.25, -0.2) is 0 Å². The Morgan fingerprint density at radius 1 is 1.50 bits per heavy atom. The fourth-order valence-electron chi connectivity index (χ4n) is 2.86. The Labute approximate surface area is 137 Å². The summed E-state index contributed by atoms with van der Waals surface area (Å²) in [5, 5.41) is 0. The minimum Gasteiger partial charge on any atom is -0.328 e. The van der Waals surface area contributed by atoms with Crippen LogP contribution in [0.5, 0.6) is 0 Å². The molecule has 0 heterocycles. The molecule has 1 rings (SSSR count). The molecule has 0 saturated heterocycles. The first-order valence-corrected chi connectivity index (χ1v) is 8.62. The zero-order chi connectivity index (χ0) is 16.5. The van der Waals surface area contributed by atoms with Crippen molar-refractivity contribution in [1.82, 2.24) is 0 Å². The van der Waals surface area contributed by atoms with Crippen molar-refractivity contribution in [3.8, 4) is 0 Å². The summed E-state index contributed by atoms with van der Waals surface area (Å²) in [5.74, 6) is 1.02. The number of hydrogen-bond donors (Lipinski definition) is 1. The van der Waals surface area contributed by atoms with Crippen LogP contribution in [0, 0.1) is 11.8 Å². The fraction of sp³-hybridized carbons (Fsp3) is 0.524. The molecule has 0 aromatic rings. The maximum atomic E-state index is 5.91. The Morgan fingerprint density at radius 2 is 2.23 bits per heavy atom. The van der Waals surface area contributed by atoms with E-state index >= 15 is 0 Å². The minimum atomic E-state index is 0.205. The molecule has 0 aromatic carbocycles. The molecule has 0 amide bonds. The van der Waals surface area contributed by atoms with E-state index in [2.05, 4.69) is 64.7 Å². The van der Waals surface area contributed by atoms with Crippen LogP contribution in [-0.4, -0.2) is 6.04 Å². The van der Waals surface area contributed by atoms with E-state index in [-0.39, 0.29) is 6.04 Å². The van der Waals surface area contributed by atoms with Gasteiger partial charge in [0.2, 0.25) is 0 Å². The second-order valence-electron chi connectivity index (χ2n) is 6.67. The third-order valence-corrected chi connectivity index (χ3v) is 4.03. The molecule has 0 aromatic heterocycles. The average Bonchev–Trinajstić information content (AvgIpc) is 2.46. The molecule has 1 aliphatic carbocycles. The molecular formula is C21H33N. The zero-order valence-corrected chi connectivity index (χ0v) is 14.8. The van der Waals surface area contributed by atoms with Gasteiger partial charge in [0, 0.05) is 6.04 Å². The van der Waals surface area contributed by atoms with E-state index in [1.807, 2.05) is 6.08 Å². The number of nitrogens with two attached hydrogens (primary N) is 1. The van der Waals surface area contributed by atoms with E-state index in [4.69, 9.17) is 5.73 Å². The highest BCUT2D eigenvalue weighted by molar-refractivity contribution is 5.45. The molecule has 3 unspecified atom stereocenters. The summed E-state index contributed by atoms with van der Waals surface area (Å²) >= 11 is 0. The molecule has 0 bridgehead atoms. The lowest BCUT2D eigenvalue weighted by molar-refractivity contribution is 0.599. The molecule has 0 radical (unpaired) electrons. The van der Waals surface area contributed by atoms with Gasteiger partial charge in [0.15, 0.2) is 0 Å². The largest absolute Gasteiger partial charge is 0.328 e. The standard InChI is InChI=1S/C21H33N/c1-6-8-21(20-11-9-16(3)10-12-20)14-17(4)13-19(7-2)15-18(5)22/h7,9,11-14,16,18-19H,2,6,8,10,15,22H2,1,3-5H3/b17-13+,21-14+. The van der Waals surface area contributed by atoms with E-state index in [0.717, 1.165) is 19.3 Å². The van der Waals surface area contributed by atoms with Crippen LogP contribution in [0.3, 0.4) is 0 Å². The molecular weight excluding hydrogens is 266 g/mol. The normalized spacial score (nSPS) is 22.2. The lowest BCUT2D eigenvalue weighted by atomic mass is 9.90. The Bertz CT molecular complexity index is 474. The highest BCUT2D eigenvalue weighted by atomic mass is 14.6. The topological polar surface area (TPSA) is 26.0 Å². The first-order valence-electron chi connectivity index (χ1n) is 8.62. The zero-order valence-electron chi connectivity index (χ0n) is 14.8. The smallest absolute Gasteiger partial charge is 0.00190 e. The predicted octanol–water partition coefficient (Wildman–Crippen LogP) is 5.72. The van der Waals surface area contributed by atoms with Gasteiger partial charge in [-0.2, -0.15) is 0 Å². The van der Waals surface area contributed by atoms with Crippen LogP contribution < -0.4 is 5.73 Å². The summed E-state index contributed by atoms with van der Waals surface area (Å²) in [5.41, 5.74) is 10.1. The van der Waals surface area contributed by atoms with Gasteiger partial charge in [0.1, 0.15) is 0 Å². The van der Waals surface area contributed by atoms with Gasteiger partial charge in [0.25, 0.3) is 0 Å². The van der Waals surface area contributed by atoms with Crippen molar-refractivity contribution in [3.63, 3.8) is 0 Å². The molecule has 1 heteroatoms. The van der Waals surface area contributed by atoms with E-state index < -0.39 is 0 Å². The first-order chi connectivity index (χ1) is 10.5. The lowest BCUT2D eigenvalue weighted by Gasteiger charge is -2.16. The molecule has 0 aliphatic heterocycles. The van der Waals surface area contributed by atoms with Gasteiger partial charge in [-0.1, -0.05) is 62.3 Å². The molecule has 2 N–H and O–H groups in total. The van der Waals surface area contributed by atoms with Crippen LogP contribution in [0.25, 0.3) is 0 Å². The monoisotopic (exact) mass is 299 g/mol. The minimum absolute atomic E-state index is 0.205. The van der Waals surface area contributed by atoms with Crippen LogP contribution in [0.2, 0.25) is 0 Å². The van der Waals surface area contributed by atoms with Crippen molar-refractivity contribution in [2.75, 3.05) is 0 Å². The number of allylic oxidation sites excluding steroid dienone is 9. The Kier molecular flexibility index (Phi) is 8.19. The summed E-state index contributed by atoms with van der Waals surface area (Å²) in [6.07, 6.45) is 18.0. The highest BCUT2D eigenvalue weighted by Gasteiger charge is 2.09. The molecule has 1 aliphatic rings. The summed E-state index contributed by atoms with van der Waals surface area (Å²) in [7, 11) is 0. The van der Waals surface area contributed by atoms with Crippen molar-refractivity contribution >= 4 is 0 Å². The van der Waals surface area contributed by atoms with Crippen LogP contribution in [0.15, 0.2) is 59.8 Å². The molecule has 122 valence electrons. The van der Waals surface area contributed by atoms with Crippen molar-refractivity contribution < 1.29 is 0 Å². The number of hydrogen-bond acceptors (Lipinski definition) is 1. The van der Waals surface area contributed by atoms with Gasteiger partial charge in [-0.05, 0) is 56.1 Å². The van der Waals surface area contributed by atoms with Crippen LogP contribution >= 0.6 is 0 Å². The molecule has 0 spiro atoms. The van der Waals surface area contributed by atoms with Gasteiger partial charge in [0.05, 0.1) is 0 Å². The molecule has 0 fully saturated rings. The van der Waals surface area contributed by atoms with Crippen molar-refractivity contribution in [2.24, 2.45) is 17.6 Å². The second-order valence-corrected chi connectivity index (χ2v) is 6.67. The summed E-state index contributed by atoms with van der Waals surface area (Å²) in [6, 6.07) is 0.205. The number of rotatable bonds is 8. The summed E-state index contributed by atoms with van der Waals surface area (Å²) in [6.45, 7) is 12.7. The Morgan fingerprint density at radius 3 is 2.73 bits per heavy atom. The van der Waals surface area contributed by atoms with E-state index in [1.54, 1.807) is 0 Å². The maximum Gasteiger partial charge on any atom is 0.00190 e. The first kappa shape index (κ1) is 18.7. The maximum absolute atomic E-state index is 5.91. The van der Waals surface area contributed by atoms with Crippen LogP contribution in [0.4, 0.5) is 0 Å². The van der Waals surface area contributed by atoms with E-state index in [1.165, 1.54) is 23.1 Å². The molecule has 3 atom stereocenters. The fourth-order valence-corrected chi connectivity index (χ4v) is 2.86. The molecule has 22 heavy (non-hydrogen) atoms. The third-order valence-electron chi connectivity index (χ3n) is 4.03. The quantitative estimate of drug-likeness (QED) is 0.450. The van der Waals surface area contributed by atoms with E-state index in [9.17, 15) is 0 Å². The van der Waals surface area contributed by atoms with Gasteiger partial charge < -0.3 is 5.73 Å². The summed E-state index contributed by atoms with van der Waals surface area (Å²) in [4.78, 5) is 0. The second kappa shape index (κ2) is 9.63. The highest BCUT2D eigenvalue weighted by Crippen LogP contribution is 2.26. The average molecular weight is 300 g/mol. The SMILES string of the molecule is C=CC(/C=C(C)/C=C(\CCC)C1=CCC(C)C=C1)CC(C)N. The summed E-state index contributed by atoms with van der Waals surface area (Å²) < 4.78 is 0. The molecule has 0 saturated carbocycles. The van der Waals surface area contributed by atoms with Crippen molar-refractivity contribution in [3.05, 3.63) is 59.8 Å². The third kappa shape index (κ3) is 6.62. The Balaban J connectivity index is 2.92. The van der Waals surface area contributed by atoms with Gasteiger partial charge in [-0.15, -0.1) is 6.58 Å². The van der Waals surface area contributed by atoms with Gasteiger partial charge >= 0.3 is 0 Å². The Hall–Kier alpha value is -1.34. The van der Waals surface area contributed by atoms with Crippen molar-refractivity contribution in [1.29, 1.82) is 0 Å².